The lowest BCUT2D eigenvalue weighted by molar-refractivity contribution is -0.137. The van der Waals surface area contributed by atoms with E-state index in [1.54, 1.807) is 10.9 Å². The Morgan fingerprint density at radius 2 is 1.88 bits per heavy atom. The fourth-order valence-electron chi connectivity index (χ4n) is 2.64. The van der Waals surface area contributed by atoms with Gasteiger partial charge in [0.25, 0.3) is 0 Å². The molecule has 0 fully saturated rings. The molecule has 2 heterocycles. The van der Waals surface area contributed by atoms with Crippen LogP contribution in [0.2, 0.25) is 0 Å². The number of fused-ring (bicyclic) bond motifs is 1. The number of alkyl halides is 3. The Kier molecular flexibility index (Phi) is 5.19. The minimum absolute atomic E-state index is 0.0884. The molecule has 3 rings (SSSR count). The maximum Gasteiger partial charge on any atom is 0.416 e. The summed E-state index contributed by atoms with van der Waals surface area (Å²) in [4.78, 5) is 12.7. The zero-order valence-corrected chi connectivity index (χ0v) is 13.9. The number of methoxy groups -OCH3 is 1. The van der Waals surface area contributed by atoms with Gasteiger partial charge < -0.3 is 14.4 Å². The molecular weight excluding hydrogens is 349 g/mol. The number of nitrogens with zero attached hydrogens (tertiary/aromatic N) is 4. The van der Waals surface area contributed by atoms with Crippen LogP contribution in [0.25, 0.3) is 22.4 Å². The average molecular weight is 366 g/mol. The van der Waals surface area contributed by atoms with Gasteiger partial charge in [0.15, 0.2) is 5.65 Å². The fourth-order valence-corrected chi connectivity index (χ4v) is 2.64. The Labute approximate surface area is 147 Å². The van der Waals surface area contributed by atoms with Crippen molar-refractivity contribution in [1.82, 2.24) is 19.5 Å². The molecule has 0 radical (unpaired) electrons. The predicted molar refractivity (Wildman–Crippen MR) is 88.3 cm³/mol. The van der Waals surface area contributed by atoms with Crippen LogP contribution < -0.4 is 0 Å². The first-order chi connectivity index (χ1) is 12.4. The van der Waals surface area contributed by atoms with E-state index in [4.69, 9.17) is 4.74 Å². The monoisotopic (exact) mass is 366 g/mol. The van der Waals surface area contributed by atoms with Gasteiger partial charge in [0.1, 0.15) is 17.5 Å². The van der Waals surface area contributed by atoms with E-state index in [-0.39, 0.29) is 12.7 Å². The van der Waals surface area contributed by atoms with Gasteiger partial charge in [-0.3, -0.25) is 0 Å². The lowest BCUT2D eigenvalue weighted by atomic mass is 10.1. The summed E-state index contributed by atoms with van der Waals surface area (Å²) in [6, 6.07) is 4.78. The van der Waals surface area contributed by atoms with Crippen LogP contribution in [-0.4, -0.2) is 44.4 Å². The van der Waals surface area contributed by atoms with Crippen LogP contribution in [0.5, 0.6) is 0 Å². The Morgan fingerprint density at radius 3 is 2.50 bits per heavy atom. The Bertz CT molecular complexity index is 874. The number of benzene rings is 1. The summed E-state index contributed by atoms with van der Waals surface area (Å²) in [5, 5.41) is 9.18. The van der Waals surface area contributed by atoms with Gasteiger partial charge in [-0.15, -0.1) is 0 Å². The van der Waals surface area contributed by atoms with Crippen molar-refractivity contribution in [3.8, 4) is 11.3 Å². The number of halogens is 3. The van der Waals surface area contributed by atoms with Crippen LogP contribution in [0, 0.1) is 0 Å². The van der Waals surface area contributed by atoms with E-state index in [0.717, 1.165) is 12.1 Å². The molecule has 1 N–H and O–H groups in total. The average Bonchev–Trinajstić information content (AvgIpc) is 3.05. The molecule has 9 heteroatoms. The fraction of sp³-hybridized carbons (Fsp3) is 0.353. The molecule has 0 aliphatic carbocycles. The van der Waals surface area contributed by atoms with Crippen molar-refractivity contribution in [2.75, 3.05) is 13.7 Å². The third-order valence-electron chi connectivity index (χ3n) is 4.12. The van der Waals surface area contributed by atoms with E-state index in [2.05, 4.69) is 15.0 Å². The normalized spacial score (nSPS) is 13.3. The van der Waals surface area contributed by atoms with Crippen LogP contribution >= 0.6 is 0 Å². The number of rotatable bonds is 6. The summed E-state index contributed by atoms with van der Waals surface area (Å²) >= 11 is 0. The quantitative estimate of drug-likeness (QED) is 0.726. The molecule has 0 bridgehead atoms. The summed E-state index contributed by atoms with van der Waals surface area (Å²) in [6.45, 7) is 0.438. The molecule has 0 aliphatic rings. The molecule has 0 amide bonds. The largest absolute Gasteiger partial charge is 0.416 e. The number of aliphatic hydroxyl groups excluding tert-OH is 1. The second kappa shape index (κ2) is 7.38. The van der Waals surface area contributed by atoms with Crippen molar-refractivity contribution < 1.29 is 23.0 Å². The molecule has 0 saturated carbocycles. The number of imidazole rings is 1. The maximum atomic E-state index is 12.7. The Hall–Kier alpha value is -2.52. The number of aliphatic hydroxyl groups is 1. The van der Waals surface area contributed by atoms with Gasteiger partial charge >= 0.3 is 6.18 Å². The van der Waals surface area contributed by atoms with Crippen LogP contribution in [0.3, 0.4) is 0 Å². The Morgan fingerprint density at radius 1 is 1.15 bits per heavy atom. The van der Waals surface area contributed by atoms with Gasteiger partial charge in [-0.1, -0.05) is 12.1 Å². The Balaban J connectivity index is 1.91. The SMILES string of the molecule is COC(CO)CCn1cnc2c(-c3ccc(C(F)(F)F)cc3)ncnc21. The van der Waals surface area contributed by atoms with Crippen molar-refractivity contribution >= 4 is 11.2 Å². The molecule has 1 atom stereocenters. The van der Waals surface area contributed by atoms with Gasteiger partial charge in [0.2, 0.25) is 0 Å². The summed E-state index contributed by atoms with van der Waals surface area (Å²) in [7, 11) is 1.53. The number of aromatic nitrogens is 4. The van der Waals surface area contributed by atoms with Crippen molar-refractivity contribution in [2.45, 2.75) is 25.2 Å². The molecule has 0 saturated heterocycles. The first kappa shape index (κ1) is 18.3. The molecule has 2 aromatic heterocycles. The van der Waals surface area contributed by atoms with Crippen LogP contribution in [0.15, 0.2) is 36.9 Å². The molecule has 0 spiro atoms. The summed E-state index contributed by atoms with van der Waals surface area (Å²) in [5.41, 5.74) is 1.35. The smallest absolute Gasteiger partial charge is 0.394 e. The highest BCUT2D eigenvalue weighted by Crippen LogP contribution is 2.31. The van der Waals surface area contributed by atoms with Gasteiger partial charge in [-0.25, -0.2) is 15.0 Å². The number of hydrogen-bond donors (Lipinski definition) is 1. The maximum absolute atomic E-state index is 12.7. The minimum Gasteiger partial charge on any atom is -0.394 e. The van der Waals surface area contributed by atoms with Gasteiger partial charge in [0, 0.05) is 19.2 Å². The first-order valence-electron chi connectivity index (χ1n) is 7.91. The number of aryl methyl sites for hydroxylation is 1. The van der Waals surface area contributed by atoms with E-state index >= 15 is 0 Å². The highest BCUT2D eigenvalue weighted by Gasteiger charge is 2.30. The molecular formula is C17H17F3N4O2. The van der Waals surface area contributed by atoms with Crippen LogP contribution in [-0.2, 0) is 17.5 Å². The van der Waals surface area contributed by atoms with Crippen molar-refractivity contribution in [3.63, 3.8) is 0 Å². The van der Waals surface area contributed by atoms with Gasteiger partial charge in [-0.05, 0) is 18.6 Å². The van der Waals surface area contributed by atoms with E-state index in [9.17, 15) is 18.3 Å². The summed E-state index contributed by atoms with van der Waals surface area (Å²) in [6.07, 6.45) is -1.16. The lowest BCUT2D eigenvalue weighted by Crippen LogP contribution is -2.18. The zero-order valence-electron chi connectivity index (χ0n) is 13.9. The van der Waals surface area contributed by atoms with E-state index in [1.807, 2.05) is 0 Å². The highest BCUT2D eigenvalue weighted by atomic mass is 19.4. The minimum atomic E-state index is -4.38. The van der Waals surface area contributed by atoms with E-state index in [0.29, 0.717) is 35.4 Å². The second-order valence-corrected chi connectivity index (χ2v) is 5.74. The molecule has 26 heavy (non-hydrogen) atoms. The summed E-state index contributed by atoms with van der Waals surface area (Å²) in [5.74, 6) is 0. The zero-order chi connectivity index (χ0) is 18.7. The second-order valence-electron chi connectivity index (χ2n) is 5.74. The van der Waals surface area contributed by atoms with Crippen molar-refractivity contribution in [2.24, 2.45) is 0 Å². The number of ether oxygens (including phenoxy) is 1. The third-order valence-corrected chi connectivity index (χ3v) is 4.12. The molecule has 1 aromatic carbocycles. The number of hydrogen-bond acceptors (Lipinski definition) is 5. The molecule has 138 valence electrons. The first-order valence-corrected chi connectivity index (χ1v) is 7.91. The van der Waals surface area contributed by atoms with E-state index in [1.165, 1.54) is 25.6 Å². The molecule has 1 unspecified atom stereocenters. The lowest BCUT2D eigenvalue weighted by Gasteiger charge is -2.12. The standard InChI is InChI=1S/C17H17F3N4O2/c1-26-13(8-25)6-7-24-10-23-15-14(21-9-22-16(15)24)11-2-4-12(5-3-11)17(18,19)20/h2-5,9-10,13,25H,6-8H2,1H3. The van der Waals surface area contributed by atoms with Gasteiger partial charge in [0.05, 0.1) is 24.6 Å². The topological polar surface area (TPSA) is 73.1 Å². The molecule has 0 aliphatic heterocycles. The highest BCUT2D eigenvalue weighted by molar-refractivity contribution is 5.87. The molecule has 3 aromatic rings. The predicted octanol–water partition coefficient (Wildman–Crippen LogP) is 2.91. The van der Waals surface area contributed by atoms with Crippen molar-refractivity contribution in [1.29, 1.82) is 0 Å². The van der Waals surface area contributed by atoms with Crippen LogP contribution in [0.4, 0.5) is 13.2 Å². The van der Waals surface area contributed by atoms with Crippen LogP contribution in [0.1, 0.15) is 12.0 Å². The van der Waals surface area contributed by atoms with E-state index < -0.39 is 11.7 Å². The summed E-state index contributed by atoms with van der Waals surface area (Å²) < 4.78 is 45.1. The third kappa shape index (κ3) is 3.68. The van der Waals surface area contributed by atoms with Gasteiger partial charge in [-0.2, -0.15) is 13.2 Å². The van der Waals surface area contributed by atoms with Crippen molar-refractivity contribution in [3.05, 3.63) is 42.5 Å². The molecule has 6 nitrogen and oxygen atoms in total.